The Labute approximate surface area is 92.9 Å². The topological polar surface area (TPSA) is 38.7 Å². The lowest BCUT2D eigenvalue weighted by Gasteiger charge is -2.29. The molecular weight excluding hydrogens is 244 g/mol. The van der Waals surface area contributed by atoms with Crippen LogP contribution in [0.5, 0.6) is 0 Å². The quantitative estimate of drug-likeness (QED) is 0.727. The Morgan fingerprint density at radius 3 is 2.47 bits per heavy atom. The molecule has 0 spiro atoms. The molecule has 0 unspecified atom stereocenters. The van der Waals surface area contributed by atoms with Gasteiger partial charge in [0, 0.05) is 0 Å². The average molecular weight is 250 g/mol. The van der Waals surface area contributed by atoms with E-state index in [1.165, 1.54) is 0 Å². The van der Waals surface area contributed by atoms with E-state index in [4.69, 9.17) is 5.11 Å². The van der Waals surface area contributed by atoms with E-state index < -0.39 is 29.1 Å². The summed E-state index contributed by atoms with van der Waals surface area (Å²) in [6, 6.07) is 0. The van der Waals surface area contributed by atoms with Gasteiger partial charge in [-0.1, -0.05) is 6.08 Å². The highest BCUT2D eigenvalue weighted by atomic mass is 19.3. The number of alkyl halides is 4. The molecule has 0 saturated carbocycles. The predicted octanol–water partition coefficient (Wildman–Crippen LogP) is 3.00. The molecule has 7 heteroatoms. The van der Waals surface area contributed by atoms with Crippen LogP contribution in [0.15, 0.2) is 48.0 Å². The number of aliphatic hydroxyl groups excluding tert-OH is 1. The number of hydrogen-bond acceptors (Lipinski definition) is 3. The van der Waals surface area contributed by atoms with Crippen LogP contribution in [0.3, 0.4) is 0 Å². The van der Waals surface area contributed by atoms with Crippen molar-refractivity contribution in [1.29, 1.82) is 0 Å². The van der Waals surface area contributed by atoms with Gasteiger partial charge in [-0.2, -0.15) is 17.6 Å². The largest absolute Gasteiger partial charge is 0.478 e. The standard InChI is InChI=1S/C10H6F4O3/c11-9(12)3-1-2-6(10(9,13)14)7-4-16-5-8(15)17-7/h1-5,15H. The Bertz CT molecular complexity index is 460. The highest BCUT2D eigenvalue weighted by Crippen LogP contribution is 2.46. The van der Waals surface area contributed by atoms with E-state index >= 15 is 0 Å². The minimum atomic E-state index is -4.44. The van der Waals surface area contributed by atoms with Gasteiger partial charge in [0.25, 0.3) is 0 Å². The zero-order valence-corrected chi connectivity index (χ0v) is 8.16. The smallest absolute Gasteiger partial charge is 0.342 e. The van der Waals surface area contributed by atoms with Gasteiger partial charge in [0.2, 0.25) is 0 Å². The SMILES string of the molecule is OC1=COC=C(C2=CC=CC(F)(F)C2(F)F)O1. The molecule has 17 heavy (non-hydrogen) atoms. The maximum absolute atomic E-state index is 13.4. The molecule has 92 valence electrons. The van der Waals surface area contributed by atoms with E-state index in [1.54, 1.807) is 0 Å². The Balaban J connectivity index is 2.36. The monoisotopic (exact) mass is 250 g/mol. The molecular formula is C10H6F4O3. The summed E-state index contributed by atoms with van der Waals surface area (Å²) in [4.78, 5) is 0. The summed E-state index contributed by atoms with van der Waals surface area (Å²) in [6.07, 6.45) is 3.08. The molecule has 0 saturated heterocycles. The van der Waals surface area contributed by atoms with Gasteiger partial charge >= 0.3 is 17.8 Å². The molecule has 0 aromatic carbocycles. The minimum Gasteiger partial charge on any atom is -0.478 e. The fourth-order valence-electron chi connectivity index (χ4n) is 1.32. The van der Waals surface area contributed by atoms with E-state index in [9.17, 15) is 17.6 Å². The molecule has 1 N–H and O–H groups in total. The predicted molar refractivity (Wildman–Crippen MR) is 48.1 cm³/mol. The average Bonchev–Trinajstić information content (AvgIpc) is 2.22. The summed E-state index contributed by atoms with van der Waals surface area (Å²) in [5, 5.41) is 8.91. The lowest BCUT2D eigenvalue weighted by molar-refractivity contribution is -0.157. The third-order valence-corrected chi connectivity index (χ3v) is 2.15. The van der Waals surface area contributed by atoms with E-state index in [0.717, 1.165) is 18.4 Å². The van der Waals surface area contributed by atoms with Crippen molar-refractivity contribution in [2.45, 2.75) is 11.8 Å². The molecule has 1 aliphatic heterocycles. The van der Waals surface area contributed by atoms with Crippen molar-refractivity contribution in [3.8, 4) is 0 Å². The van der Waals surface area contributed by atoms with Crippen molar-refractivity contribution >= 4 is 0 Å². The molecule has 0 bridgehead atoms. The highest BCUT2D eigenvalue weighted by molar-refractivity contribution is 5.42. The molecule has 2 rings (SSSR count). The van der Waals surface area contributed by atoms with Gasteiger partial charge in [0.1, 0.15) is 6.26 Å². The lowest BCUT2D eigenvalue weighted by atomic mass is 9.95. The molecule has 0 radical (unpaired) electrons. The second-order valence-electron chi connectivity index (χ2n) is 3.31. The first-order chi connectivity index (χ1) is 7.84. The number of allylic oxidation sites excluding steroid dienone is 4. The van der Waals surface area contributed by atoms with Crippen LogP contribution in [-0.4, -0.2) is 17.0 Å². The number of rotatable bonds is 1. The Kier molecular flexibility index (Phi) is 2.41. The first-order valence-corrected chi connectivity index (χ1v) is 4.43. The Morgan fingerprint density at radius 2 is 1.82 bits per heavy atom. The first-order valence-electron chi connectivity index (χ1n) is 4.43. The van der Waals surface area contributed by atoms with Crippen molar-refractivity contribution in [3.05, 3.63) is 48.0 Å². The van der Waals surface area contributed by atoms with Crippen molar-refractivity contribution in [3.63, 3.8) is 0 Å². The molecule has 0 aromatic rings. The molecule has 0 atom stereocenters. The zero-order valence-electron chi connectivity index (χ0n) is 8.16. The summed E-state index contributed by atoms with van der Waals surface area (Å²) in [5.74, 6) is -10.2. The van der Waals surface area contributed by atoms with E-state index in [1.807, 2.05) is 0 Å². The van der Waals surface area contributed by atoms with Crippen LogP contribution in [0.4, 0.5) is 17.6 Å². The van der Waals surface area contributed by atoms with Crippen LogP contribution >= 0.6 is 0 Å². The molecule has 0 fully saturated rings. The summed E-state index contributed by atoms with van der Waals surface area (Å²) >= 11 is 0. The van der Waals surface area contributed by atoms with Crippen molar-refractivity contribution in [2.24, 2.45) is 0 Å². The number of ether oxygens (including phenoxy) is 2. The number of aliphatic hydroxyl groups is 1. The van der Waals surface area contributed by atoms with Crippen LogP contribution in [0.1, 0.15) is 0 Å². The summed E-state index contributed by atoms with van der Waals surface area (Å²) < 4.78 is 61.8. The summed E-state index contributed by atoms with van der Waals surface area (Å²) in [6.45, 7) is 0. The van der Waals surface area contributed by atoms with Gasteiger partial charge < -0.3 is 14.6 Å². The van der Waals surface area contributed by atoms with Gasteiger partial charge in [-0.3, -0.25) is 0 Å². The van der Waals surface area contributed by atoms with Crippen molar-refractivity contribution in [2.75, 3.05) is 0 Å². The normalized spacial score (nSPS) is 25.1. The molecule has 1 aliphatic carbocycles. The van der Waals surface area contributed by atoms with Crippen LogP contribution in [0, 0.1) is 0 Å². The molecule has 0 aromatic heterocycles. The van der Waals surface area contributed by atoms with Crippen LogP contribution in [0.2, 0.25) is 0 Å². The molecule has 0 amide bonds. The fraction of sp³-hybridized carbons (Fsp3) is 0.200. The Hall–Kier alpha value is -1.92. The van der Waals surface area contributed by atoms with Crippen LogP contribution < -0.4 is 0 Å². The van der Waals surface area contributed by atoms with Gasteiger partial charge in [-0.15, -0.1) is 0 Å². The summed E-state index contributed by atoms with van der Waals surface area (Å²) in [5.41, 5.74) is -1.07. The highest BCUT2D eigenvalue weighted by Gasteiger charge is 2.59. The summed E-state index contributed by atoms with van der Waals surface area (Å²) in [7, 11) is 0. The van der Waals surface area contributed by atoms with Gasteiger partial charge in [-0.05, 0) is 12.2 Å². The number of hydrogen-bond donors (Lipinski definition) is 1. The van der Waals surface area contributed by atoms with Gasteiger partial charge in [0.15, 0.2) is 12.0 Å². The van der Waals surface area contributed by atoms with Crippen LogP contribution in [-0.2, 0) is 9.47 Å². The second-order valence-corrected chi connectivity index (χ2v) is 3.31. The van der Waals surface area contributed by atoms with Gasteiger partial charge in [-0.25, -0.2) is 0 Å². The van der Waals surface area contributed by atoms with Crippen molar-refractivity contribution < 1.29 is 32.1 Å². The zero-order chi connectivity index (χ0) is 12.7. The minimum absolute atomic E-state index is 0.0937. The van der Waals surface area contributed by atoms with E-state index in [-0.39, 0.29) is 6.08 Å². The maximum atomic E-state index is 13.4. The third kappa shape index (κ3) is 1.77. The molecule has 1 heterocycles. The van der Waals surface area contributed by atoms with Gasteiger partial charge in [0.05, 0.1) is 5.57 Å². The molecule has 3 nitrogen and oxygen atoms in total. The Morgan fingerprint density at radius 1 is 1.12 bits per heavy atom. The number of halogens is 4. The fourth-order valence-corrected chi connectivity index (χ4v) is 1.32. The maximum Gasteiger partial charge on any atom is 0.342 e. The lowest BCUT2D eigenvalue weighted by Crippen LogP contribution is -2.42. The molecule has 2 aliphatic rings. The van der Waals surface area contributed by atoms with E-state index in [2.05, 4.69) is 9.47 Å². The second kappa shape index (κ2) is 3.54. The first kappa shape index (κ1) is 11.6. The van der Waals surface area contributed by atoms with E-state index in [0.29, 0.717) is 6.26 Å². The van der Waals surface area contributed by atoms with Crippen molar-refractivity contribution in [1.82, 2.24) is 0 Å². The van der Waals surface area contributed by atoms with Crippen LogP contribution in [0.25, 0.3) is 0 Å². The third-order valence-electron chi connectivity index (χ3n) is 2.15.